The van der Waals surface area contributed by atoms with Crippen molar-refractivity contribution in [3.05, 3.63) is 100 Å². The zero-order chi connectivity index (χ0) is 22.5. The molecule has 0 bridgehead atoms. The number of hydrogen-bond acceptors (Lipinski definition) is 3. The van der Waals surface area contributed by atoms with Crippen LogP contribution in [0.25, 0.3) is 10.9 Å². The van der Waals surface area contributed by atoms with Crippen molar-refractivity contribution in [2.45, 2.75) is 25.6 Å². The number of halogens is 2. The molecule has 0 radical (unpaired) electrons. The van der Waals surface area contributed by atoms with Crippen LogP contribution in [0.1, 0.15) is 16.7 Å². The standard InChI is InChI=1S/C25H22ClFN2O3/c26-19-7-10-24(32-15-16-5-8-20(27)9-6-16)18(11-19)14-29-23(25(30)31)12-17-13-28-22-4-2-1-3-21(17)22/h1-11,13,23,28-29H,12,14-15H2,(H,30,31)/t23-/m1/s1. The number of rotatable bonds is 9. The molecule has 1 heterocycles. The van der Waals surface area contributed by atoms with Gasteiger partial charge in [-0.15, -0.1) is 0 Å². The number of fused-ring (bicyclic) bond motifs is 1. The first-order valence-corrected chi connectivity index (χ1v) is 10.5. The highest BCUT2D eigenvalue weighted by Crippen LogP contribution is 2.25. The predicted molar refractivity (Wildman–Crippen MR) is 122 cm³/mol. The Hall–Kier alpha value is -3.35. The molecule has 0 saturated heterocycles. The van der Waals surface area contributed by atoms with E-state index >= 15 is 0 Å². The second kappa shape index (κ2) is 9.85. The summed E-state index contributed by atoms with van der Waals surface area (Å²) in [5, 5.41) is 14.4. The van der Waals surface area contributed by atoms with Gasteiger partial charge in [0.2, 0.25) is 0 Å². The Balaban J connectivity index is 1.46. The number of para-hydroxylation sites is 1. The first-order chi connectivity index (χ1) is 15.5. The maximum absolute atomic E-state index is 13.1. The molecule has 4 rings (SSSR count). The van der Waals surface area contributed by atoms with E-state index in [0.717, 1.165) is 27.6 Å². The average molecular weight is 453 g/mol. The van der Waals surface area contributed by atoms with Crippen molar-refractivity contribution >= 4 is 28.5 Å². The van der Waals surface area contributed by atoms with E-state index in [2.05, 4.69) is 10.3 Å². The molecule has 0 aliphatic rings. The normalized spacial score (nSPS) is 12.1. The van der Waals surface area contributed by atoms with Crippen molar-refractivity contribution in [3.63, 3.8) is 0 Å². The van der Waals surface area contributed by atoms with Crippen molar-refractivity contribution in [2.75, 3.05) is 0 Å². The van der Waals surface area contributed by atoms with Crippen molar-refractivity contribution in [2.24, 2.45) is 0 Å². The average Bonchev–Trinajstić information content (AvgIpc) is 3.19. The number of H-pyrrole nitrogens is 1. The minimum atomic E-state index is -0.939. The van der Waals surface area contributed by atoms with Crippen LogP contribution in [0.3, 0.4) is 0 Å². The smallest absolute Gasteiger partial charge is 0.321 e. The molecule has 164 valence electrons. The van der Waals surface area contributed by atoms with Crippen molar-refractivity contribution in [1.29, 1.82) is 0 Å². The Morgan fingerprint density at radius 1 is 1.09 bits per heavy atom. The summed E-state index contributed by atoms with van der Waals surface area (Å²) in [7, 11) is 0. The highest BCUT2D eigenvalue weighted by Gasteiger charge is 2.20. The predicted octanol–water partition coefficient (Wildman–Crippen LogP) is 5.32. The van der Waals surface area contributed by atoms with Gasteiger partial charge in [0.25, 0.3) is 0 Å². The van der Waals surface area contributed by atoms with Gasteiger partial charge in [-0.1, -0.05) is 41.9 Å². The fourth-order valence-corrected chi connectivity index (χ4v) is 3.76. The first kappa shape index (κ1) is 21.9. The van der Waals surface area contributed by atoms with Crippen LogP contribution in [0, 0.1) is 5.82 Å². The molecular formula is C25H22ClFN2O3. The second-order valence-corrected chi connectivity index (χ2v) is 7.94. The van der Waals surface area contributed by atoms with Gasteiger partial charge in [-0.2, -0.15) is 0 Å². The Bertz CT molecular complexity index is 1220. The molecule has 1 aromatic heterocycles. The van der Waals surface area contributed by atoms with Crippen molar-refractivity contribution in [1.82, 2.24) is 10.3 Å². The number of carbonyl (C=O) groups is 1. The molecule has 0 fully saturated rings. The number of ether oxygens (including phenoxy) is 1. The molecule has 32 heavy (non-hydrogen) atoms. The molecule has 3 N–H and O–H groups in total. The van der Waals surface area contributed by atoms with Crippen molar-refractivity contribution < 1.29 is 19.0 Å². The summed E-state index contributed by atoms with van der Waals surface area (Å²) in [5.74, 6) is -0.659. The summed E-state index contributed by atoms with van der Waals surface area (Å²) in [6.45, 7) is 0.519. The lowest BCUT2D eigenvalue weighted by atomic mass is 10.0. The molecule has 0 saturated carbocycles. The van der Waals surface area contributed by atoms with E-state index in [1.165, 1.54) is 12.1 Å². The van der Waals surface area contributed by atoms with Gasteiger partial charge in [0.15, 0.2) is 0 Å². The number of hydrogen-bond donors (Lipinski definition) is 3. The number of benzene rings is 3. The number of aliphatic carboxylic acids is 1. The number of carboxylic acid groups (broad SMARTS) is 1. The van der Waals surface area contributed by atoms with E-state index in [-0.39, 0.29) is 19.0 Å². The topological polar surface area (TPSA) is 74.3 Å². The fourth-order valence-electron chi connectivity index (χ4n) is 3.57. The van der Waals surface area contributed by atoms with Gasteiger partial charge in [0.1, 0.15) is 24.2 Å². The monoisotopic (exact) mass is 452 g/mol. The zero-order valence-electron chi connectivity index (χ0n) is 17.1. The first-order valence-electron chi connectivity index (χ1n) is 10.2. The molecule has 0 spiro atoms. The number of nitrogens with one attached hydrogen (secondary N) is 2. The summed E-state index contributed by atoms with van der Waals surface area (Å²) < 4.78 is 19.0. The minimum Gasteiger partial charge on any atom is -0.489 e. The van der Waals surface area contributed by atoms with Gasteiger partial charge >= 0.3 is 5.97 Å². The van der Waals surface area contributed by atoms with Crippen LogP contribution in [0.4, 0.5) is 4.39 Å². The Morgan fingerprint density at radius 3 is 2.66 bits per heavy atom. The maximum Gasteiger partial charge on any atom is 0.321 e. The quantitative estimate of drug-likeness (QED) is 0.321. The summed E-state index contributed by atoms with van der Waals surface area (Å²) in [6.07, 6.45) is 2.17. The molecule has 0 aliphatic carbocycles. The third kappa shape index (κ3) is 5.28. The molecule has 1 atom stereocenters. The van der Waals surface area contributed by atoms with Gasteiger partial charge in [0.05, 0.1) is 0 Å². The molecule has 0 amide bonds. The van der Waals surface area contributed by atoms with Gasteiger partial charge in [0, 0.05) is 40.7 Å². The Labute approximate surface area is 189 Å². The van der Waals surface area contributed by atoms with Crippen LogP contribution in [0.2, 0.25) is 5.02 Å². The van der Waals surface area contributed by atoms with Crippen LogP contribution in [-0.4, -0.2) is 22.1 Å². The van der Waals surface area contributed by atoms with E-state index in [9.17, 15) is 14.3 Å². The molecule has 7 heteroatoms. The van der Waals surface area contributed by atoms with Gasteiger partial charge < -0.3 is 14.8 Å². The summed E-state index contributed by atoms with van der Waals surface area (Å²) in [4.78, 5) is 15.1. The summed E-state index contributed by atoms with van der Waals surface area (Å²) in [5.41, 5.74) is 3.46. The zero-order valence-corrected chi connectivity index (χ0v) is 17.9. The van der Waals surface area contributed by atoms with E-state index in [4.69, 9.17) is 16.3 Å². The lowest BCUT2D eigenvalue weighted by Gasteiger charge is -2.17. The SMILES string of the molecule is O=C(O)[C@@H](Cc1c[nH]c2ccccc12)NCc1cc(Cl)ccc1OCc1ccc(F)cc1. The number of carboxylic acids is 1. The molecule has 0 unspecified atom stereocenters. The molecule has 5 nitrogen and oxygen atoms in total. The third-order valence-corrected chi connectivity index (χ3v) is 5.50. The van der Waals surface area contributed by atoms with Crippen LogP contribution in [0.5, 0.6) is 5.75 Å². The number of aromatic nitrogens is 1. The summed E-state index contributed by atoms with van der Waals surface area (Å²) >= 11 is 6.16. The van der Waals surface area contributed by atoms with Crippen LogP contribution >= 0.6 is 11.6 Å². The molecule has 0 aliphatic heterocycles. The Morgan fingerprint density at radius 2 is 1.88 bits per heavy atom. The van der Waals surface area contributed by atoms with Crippen LogP contribution in [-0.2, 0) is 24.4 Å². The summed E-state index contributed by atoms with van der Waals surface area (Å²) in [6, 6.07) is 18.3. The van der Waals surface area contributed by atoms with E-state index < -0.39 is 12.0 Å². The van der Waals surface area contributed by atoms with Crippen LogP contribution < -0.4 is 10.1 Å². The van der Waals surface area contributed by atoms with Crippen molar-refractivity contribution in [3.8, 4) is 5.75 Å². The minimum absolute atomic E-state index is 0.257. The number of aromatic amines is 1. The third-order valence-electron chi connectivity index (χ3n) is 5.27. The molecule has 4 aromatic rings. The highest BCUT2D eigenvalue weighted by atomic mass is 35.5. The van der Waals surface area contributed by atoms with Crippen LogP contribution in [0.15, 0.2) is 72.9 Å². The van der Waals surface area contributed by atoms with Gasteiger partial charge in [-0.25, -0.2) is 4.39 Å². The Kier molecular flexibility index (Phi) is 6.73. The maximum atomic E-state index is 13.1. The van der Waals surface area contributed by atoms with Gasteiger partial charge in [-0.3, -0.25) is 10.1 Å². The van der Waals surface area contributed by atoms with E-state index in [1.807, 2.05) is 30.5 Å². The lowest BCUT2D eigenvalue weighted by molar-refractivity contribution is -0.139. The molecule has 3 aromatic carbocycles. The fraction of sp³-hybridized carbons (Fsp3) is 0.160. The van der Waals surface area contributed by atoms with E-state index in [0.29, 0.717) is 17.2 Å². The highest BCUT2D eigenvalue weighted by molar-refractivity contribution is 6.30. The lowest BCUT2D eigenvalue weighted by Crippen LogP contribution is -2.38. The largest absolute Gasteiger partial charge is 0.489 e. The molecular weight excluding hydrogens is 431 g/mol. The van der Waals surface area contributed by atoms with E-state index in [1.54, 1.807) is 30.3 Å². The van der Waals surface area contributed by atoms with Gasteiger partial charge in [-0.05, 0) is 47.5 Å². The second-order valence-electron chi connectivity index (χ2n) is 7.50.